The van der Waals surface area contributed by atoms with E-state index in [9.17, 15) is 23.3 Å². The number of nitro groups is 1. The van der Waals surface area contributed by atoms with E-state index >= 15 is 0 Å². The van der Waals surface area contributed by atoms with Crippen LogP contribution in [0.25, 0.3) is 0 Å². The average molecular weight is 407 g/mol. The number of nitrogens with zero attached hydrogens (tertiary/aromatic N) is 2. The van der Waals surface area contributed by atoms with Gasteiger partial charge in [0, 0.05) is 24.8 Å². The zero-order chi connectivity index (χ0) is 20.7. The molecular formula is C18H21N3O6S. The number of sulfonamides is 1. The number of hydrogen-bond acceptors (Lipinski definition) is 6. The molecule has 0 fully saturated rings. The SMILES string of the molecule is CCN(CC)S(=O)(=O)c1cccc(NC(=O)COc2ccccc2[N+](=O)[O-])c1. The predicted octanol–water partition coefficient (Wildman–Crippen LogP) is 2.64. The van der Waals surface area contributed by atoms with E-state index in [0.29, 0.717) is 13.1 Å². The number of nitro benzene ring substituents is 1. The molecule has 0 atom stereocenters. The molecule has 0 radical (unpaired) electrons. The van der Waals surface area contributed by atoms with Crippen LogP contribution in [0.1, 0.15) is 13.8 Å². The fourth-order valence-electron chi connectivity index (χ4n) is 2.52. The second-order valence-electron chi connectivity index (χ2n) is 5.68. The highest BCUT2D eigenvalue weighted by Gasteiger charge is 2.22. The van der Waals surface area contributed by atoms with E-state index < -0.39 is 27.5 Å². The Kier molecular flexibility index (Phi) is 7.07. The zero-order valence-corrected chi connectivity index (χ0v) is 16.3. The fourth-order valence-corrected chi connectivity index (χ4v) is 4.02. The van der Waals surface area contributed by atoms with Gasteiger partial charge >= 0.3 is 5.69 Å². The fraction of sp³-hybridized carbons (Fsp3) is 0.278. The van der Waals surface area contributed by atoms with Gasteiger partial charge in [-0.25, -0.2) is 8.42 Å². The monoisotopic (exact) mass is 407 g/mol. The summed E-state index contributed by atoms with van der Waals surface area (Å²) in [5.41, 5.74) is 0.0343. The molecule has 0 saturated heterocycles. The quantitative estimate of drug-likeness (QED) is 0.504. The number of benzene rings is 2. The highest BCUT2D eigenvalue weighted by molar-refractivity contribution is 7.89. The molecule has 2 aromatic carbocycles. The second kappa shape index (κ2) is 9.29. The van der Waals surface area contributed by atoms with Gasteiger partial charge in [0.15, 0.2) is 12.4 Å². The molecule has 0 aliphatic rings. The van der Waals surface area contributed by atoms with Crippen LogP contribution in [-0.2, 0) is 14.8 Å². The third-order valence-electron chi connectivity index (χ3n) is 3.88. The normalized spacial score (nSPS) is 11.2. The van der Waals surface area contributed by atoms with Crippen LogP contribution in [0, 0.1) is 10.1 Å². The molecule has 0 aliphatic carbocycles. The van der Waals surface area contributed by atoms with Gasteiger partial charge in [-0.05, 0) is 24.3 Å². The van der Waals surface area contributed by atoms with Crippen LogP contribution in [-0.4, -0.2) is 43.2 Å². The molecule has 2 aromatic rings. The molecule has 0 spiro atoms. The summed E-state index contributed by atoms with van der Waals surface area (Å²) in [7, 11) is -3.65. The Bertz CT molecular complexity index is 957. The average Bonchev–Trinajstić information content (AvgIpc) is 2.67. The molecule has 1 N–H and O–H groups in total. The molecule has 0 bridgehead atoms. The number of carbonyl (C=O) groups excluding carboxylic acids is 1. The smallest absolute Gasteiger partial charge is 0.310 e. The molecule has 0 aromatic heterocycles. The second-order valence-corrected chi connectivity index (χ2v) is 7.62. The van der Waals surface area contributed by atoms with Crippen LogP contribution in [0.3, 0.4) is 0 Å². The van der Waals surface area contributed by atoms with Crippen LogP contribution in [0.4, 0.5) is 11.4 Å². The summed E-state index contributed by atoms with van der Waals surface area (Å²) in [4.78, 5) is 22.5. The van der Waals surface area contributed by atoms with Crippen molar-refractivity contribution in [1.82, 2.24) is 4.31 Å². The Morgan fingerprint density at radius 3 is 2.46 bits per heavy atom. The van der Waals surface area contributed by atoms with E-state index in [2.05, 4.69) is 5.32 Å². The Morgan fingerprint density at radius 1 is 1.14 bits per heavy atom. The highest BCUT2D eigenvalue weighted by atomic mass is 32.2. The van der Waals surface area contributed by atoms with E-state index in [1.165, 1.54) is 40.7 Å². The Morgan fingerprint density at radius 2 is 1.82 bits per heavy atom. The van der Waals surface area contributed by atoms with Gasteiger partial charge in [-0.1, -0.05) is 32.0 Å². The molecule has 150 valence electrons. The lowest BCUT2D eigenvalue weighted by molar-refractivity contribution is -0.385. The molecule has 28 heavy (non-hydrogen) atoms. The van der Waals surface area contributed by atoms with Crippen molar-refractivity contribution in [3.63, 3.8) is 0 Å². The van der Waals surface area contributed by atoms with Gasteiger partial charge in [-0.15, -0.1) is 0 Å². The molecule has 1 amide bonds. The standard InChI is InChI=1S/C18H21N3O6S/c1-3-20(4-2)28(25,26)15-9-7-8-14(12-15)19-18(22)13-27-17-11-6-5-10-16(17)21(23)24/h5-12H,3-4,13H2,1-2H3,(H,19,22). The summed E-state index contributed by atoms with van der Waals surface area (Å²) < 4.78 is 31.7. The van der Waals surface area contributed by atoms with E-state index in [1.807, 2.05) is 0 Å². The van der Waals surface area contributed by atoms with Crippen molar-refractivity contribution in [2.24, 2.45) is 0 Å². The van der Waals surface area contributed by atoms with Crippen LogP contribution in [0.15, 0.2) is 53.4 Å². The molecule has 0 aliphatic heterocycles. The molecule has 2 rings (SSSR count). The predicted molar refractivity (Wildman–Crippen MR) is 104 cm³/mol. The van der Waals surface area contributed by atoms with Crippen LogP contribution < -0.4 is 10.1 Å². The minimum atomic E-state index is -3.65. The van der Waals surface area contributed by atoms with Gasteiger partial charge in [-0.2, -0.15) is 4.31 Å². The Hall–Kier alpha value is -2.98. The summed E-state index contributed by atoms with van der Waals surface area (Å²) in [5, 5.41) is 13.5. The van der Waals surface area contributed by atoms with E-state index in [-0.39, 0.29) is 22.0 Å². The van der Waals surface area contributed by atoms with Gasteiger partial charge in [0.2, 0.25) is 10.0 Å². The number of para-hydroxylation sites is 2. The van der Waals surface area contributed by atoms with Gasteiger partial charge < -0.3 is 10.1 Å². The summed E-state index contributed by atoms with van der Waals surface area (Å²) in [5.74, 6) is -0.601. The van der Waals surface area contributed by atoms with Gasteiger partial charge in [0.25, 0.3) is 5.91 Å². The van der Waals surface area contributed by atoms with Crippen molar-refractivity contribution in [2.75, 3.05) is 25.0 Å². The summed E-state index contributed by atoms with van der Waals surface area (Å²) >= 11 is 0. The minimum Gasteiger partial charge on any atom is -0.477 e. The number of nitrogens with one attached hydrogen (secondary N) is 1. The molecule has 9 nitrogen and oxygen atoms in total. The summed E-state index contributed by atoms with van der Waals surface area (Å²) in [6.07, 6.45) is 0. The van der Waals surface area contributed by atoms with Crippen molar-refractivity contribution >= 4 is 27.3 Å². The lowest BCUT2D eigenvalue weighted by Crippen LogP contribution is -2.30. The zero-order valence-electron chi connectivity index (χ0n) is 15.5. The number of carbonyl (C=O) groups is 1. The number of ether oxygens (including phenoxy) is 1. The summed E-state index contributed by atoms with van der Waals surface area (Å²) in [6.45, 7) is 3.69. The first-order valence-electron chi connectivity index (χ1n) is 8.55. The van der Waals surface area contributed by atoms with Crippen LogP contribution in [0.5, 0.6) is 5.75 Å². The largest absolute Gasteiger partial charge is 0.477 e. The van der Waals surface area contributed by atoms with E-state index in [4.69, 9.17) is 4.74 Å². The number of hydrogen-bond donors (Lipinski definition) is 1. The van der Waals surface area contributed by atoms with Crippen molar-refractivity contribution in [3.05, 3.63) is 58.6 Å². The molecule has 0 saturated carbocycles. The third-order valence-corrected chi connectivity index (χ3v) is 5.93. The molecule has 0 unspecified atom stereocenters. The first-order valence-corrected chi connectivity index (χ1v) is 9.99. The molecule has 10 heteroatoms. The van der Waals surface area contributed by atoms with Crippen molar-refractivity contribution < 1.29 is 22.9 Å². The maximum Gasteiger partial charge on any atom is 0.310 e. The maximum absolute atomic E-state index is 12.6. The Labute approximate surface area is 163 Å². The minimum absolute atomic E-state index is 0.0273. The Balaban J connectivity index is 2.09. The van der Waals surface area contributed by atoms with Crippen LogP contribution in [0.2, 0.25) is 0 Å². The van der Waals surface area contributed by atoms with E-state index in [1.54, 1.807) is 26.0 Å². The number of rotatable bonds is 9. The first kappa shape index (κ1) is 21.3. The molecular weight excluding hydrogens is 386 g/mol. The lowest BCUT2D eigenvalue weighted by Gasteiger charge is -2.18. The van der Waals surface area contributed by atoms with Crippen molar-refractivity contribution in [2.45, 2.75) is 18.7 Å². The third kappa shape index (κ3) is 5.05. The summed E-state index contributed by atoms with van der Waals surface area (Å²) in [6, 6.07) is 11.6. The number of amides is 1. The lowest BCUT2D eigenvalue weighted by atomic mass is 10.3. The van der Waals surface area contributed by atoms with Crippen molar-refractivity contribution in [1.29, 1.82) is 0 Å². The van der Waals surface area contributed by atoms with Gasteiger partial charge in [0.05, 0.1) is 9.82 Å². The van der Waals surface area contributed by atoms with Gasteiger partial charge in [0.1, 0.15) is 0 Å². The van der Waals surface area contributed by atoms with Crippen LogP contribution >= 0.6 is 0 Å². The molecule has 0 heterocycles. The topological polar surface area (TPSA) is 119 Å². The van der Waals surface area contributed by atoms with Crippen molar-refractivity contribution in [3.8, 4) is 5.75 Å². The van der Waals surface area contributed by atoms with E-state index in [0.717, 1.165) is 0 Å². The highest BCUT2D eigenvalue weighted by Crippen LogP contribution is 2.25. The first-order chi connectivity index (χ1) is 13.3. The van der Waals surface area contributed by atoms with Gasteiger partial charge in [-0.3, -0.25) is 14.9 Å². The maximum atomic E-state index is 12.6. The number of anilines is 1.